The maximum absolute atomic E-state index is 5.94. The monoisotopic (exact) mass is 277 g/mol. The molecule has 0 saturated heterocycles. The standard InChI is InChI=1S/C16H20ClNO/c1-3-5-15(13-7-9-14(17)10-8-13)18-12(2)16-6-4-11-19-16/h4,6-12,15,18H,3,5H2,1-2H3/t12-,15?/m1/s1. The molecule has 1 aromatic heterocycles. The summed E-state index contributed by atoms with van der Waals surface area (Å²) >= 11 is 5.94. The number of furan rings is 1. The first-order chi connectivity index (χ1) is 9.20. The quantitative estimate of drug-likeness (QED) is 0.792. The highest BCUT2D eigenvalue weighted by molar-refractivity contribution is 6.30. The summed E-state index contributed by atoms with van der Waals surface area (Å²) in [6.07, 6.45) is 3.93. The lowest BCUT2D eigenvalue weighted by Gasteiger charge is -2.22. The normalized spacial score (nSPS) is 14.3. The zero-order valence-electron chi connectivity index (χ0n) is 11.4. The van der Waals surface area contributed by atoms with Gasteiger partial charge < -0.3 is 9.73 Å². The lowest BCUT2D eigenvalue weighted by molar-refractivity contribution is 0.379. The van der Waals surface area contributed by atoms with Gasteiger partial charge in [0.05, 0.1) is 12.3 Å². The molecule has 1 unspecified atom stereocenters. The Balaban J connectivity index is 2.09. The van der Waals surface area contributed by atoms with Gasteiger partial charge in [0, 0.05) is 11.1 Å². The van der Waals surface area contributed by atoms with Crippen molar-refractivity contribution in [3.8, 4) is 0 Å². The van der Waals surface area contributed by atoms with Crippen molar-refractivity contribution in [2.45, 2.75) is 38.8 Å². The lowest BCUT2D eigenvalue weighted by atomic mass is 10.0. The molecule has 0 saturated carbocycles. The highest BCUT2D eigenvalue weighted by Gasteiger charge is 2.16. The summed E-state index contributed by atoms with van der Waals surface area (Å²) < 4.78 is 5.45. The number of nitrogens with one attached hydrogen (secondary N) is 1. The lowest BCUT2D eigenvalue weighted by Crippen LogP contribution is -2.24. The zero-order valence-corrected chi connectivity index (χ0v) is 12.2. The molecule has 1 N–H and O–H groups in total. The molecule has 0 spiro atoms. The van der Waals surface area contributed by atoms with Gasteiger partial charge in [0.2, 0.25) is 0 Å². The first kappa shape index (κ1) is 14.2. The van der Waals surface area contributed by atoms with Crippen molar-refractivity contribution < 1.29 is 4.42 Å². The maximum Gasteiger partial charge on any atom is 0.120 e. The molecule has 0 amide bonds. The summed E-state index contributed by atoms with van der Waals surface area (Å²) in [6.45, 7) is 4.32. The first-order valence-corrected chi connectivity index (χ1v) is 7.13. The number of hydrogen-bond acceptors (Lipinski definition) is 2. The molecule has 1 heterocycles. The molecule has 2 atom stereocenters. The van der Waals surface area contributed by atoms with Crippen LogP contribution in [0.5, 0.6) is 0 Å². The Morgan fingerprint density at radius 1 is 1.21 bits per heavy atom. The Morgan fingerprint density at radius 3 is 2.53 bits per heavy atom. The van der Waals surface area contributed by atoms with Gasteiger partial charge in [-0.05, 0) is 43.2 Å². The number of hydrogen-bond donors (Lipinski definition) is 1. The van der Waals surface area contributed by atoms with Gasteiger partial charge in [-0.3, -0.25) is 0 Å². The van der Waals surface area contributed by atoms with Crippen molar-refractivity contribution in [1.29, 1.82) is 0 Å². The molecule has 2 nitrogen and oxygen atoms in total. The minimum atomic E-state index is 0.197. The van der Waals surface area contributed by atoms with Crippen LogP contribution < -0.4 is 5.32 Å². The smallest absolute Gasteiger partial charge is 0.120 e. The van der Waals surface area contributed by atoms with Gasteiger partial charge in [-0.15, -0.1) is 0 Å². The maximum atomic E-state index is 5.94. The second-order valence-electron chi connectivity index (χ2n) is 4.80. The molecule has 0 aliphatic carbocycles. The van der Waals surface area contributed by atoms with E-state index in [-0.39, 0.29) is 6.04 Å². The summed E-state index contributed by atoms with van der Waals surface area (Å²) in [5.41, 5.74) is 1.27. The molecular formula is C16H20ClNO. The third-order valence-corrected chi connectivity index (χ3v) is 3.52. The Bertz CT molecular complexity index is 478. The predicted molar refractivity (Wildman–Crippen MR) is 79.4 cm³/mol. The Hall–Kier alpha value is -1.25. The minimum absolute atomic E-state index is 0.197. The molecule has 2 aromatic rings. The van der Waals surface area contributed by atoms with E-state index in [0.29, 0.717) is 6.04 Å². The zero-order chi connectivity index (χ0) is 13.7. The molecule has 102 valence electrons. The van der Waals surface area contributed by atoms with Crippen LogP contribution >= 0.6 is 11.6 Å². The van der Waals surface area contributed by atoms with Gasteiger partial charge in [0.25, 0.3) is 0 Å². The Labute approximate surface area is 119 Å². The summed E-state index contributed by atoms with van der Waals surface area (Å²) in [5, 5.41) is 4.40. The van der Waals surface area contributed by atoms with Crippen molar-refractivity contribution in [3.05, 3.63) is 59.0 Å². The van der Waals surface area contributed by atoms with Gasteiger partial charge in [-0.25, -0.2) is 0 Å². The third kappa shape index (κ3) is 3.85. The average molecular weight is 278 g/mol. The van der Waals surface area contributed by atoms with E-state index in [0.717, 1.165) is 23.6 Å². The van der Waals surface area contributed by atoms with Gasteiger partial charge in [-0.1, -0.05) is 37.1 Å². The molecular weight excluding hydrogens is 258 g/mol. The number of rotatable bonds is 6. The van der Waals surface area contributed by atoms with E-state index in [2.05, 4.69) is 31.3 Å². The van der Waals surface area contributed by atoms with E-state index in [1.54, 1.807) is 6.26 Å². The fourth-order valence-corrected chi connectivity index (χ4v) is 2.38. The van der Waals surface area contributed by atoms with Crippen molar-refractivity contribution in [2.75, 3.05) is 0 Å². The van der Waals surface area contributed by atoms with Crippen LogP contribution in [0.2, 0.25) is 5.02 Å². The molecule has 0 aliphatic rings. The second-order valence-corrected chi connectivity index (χ2v) is 5.23. The van der Waals surface area contributed by atoms with Gasteiger partial charge in [-0.2, -0.15) is 0 Å². The van der Waals surface area contributed by atoms with E-state index in [9.17, 15) is 0 Å². The van der Waals surface area contributed by atoms with Crippen molar-refractivity contribution >= 4 is 11.6 Å². The molecule has 0 fully saturated rings. The van der Waals surface area contributed by atoms with Crippen LogP contribution in [0.15, 0.2) is 47.1 Å². The molecule has 2 rings (SSSR count). The second kappa shape index (κ2) is 6.78. The van der Waals surface area contributed by atoms with E-state index < -0.39 is 0 Å². The molecule has 0 aliphatic heterocycles. The number of benzene rings is 1. The summed E-state index contributed by atoms with van der Waals surface area (Å²) in [4.78, 5) is 0. The number of halogens is 1. The average Bonchev–Trinajstić information content (AvgIpc) is 2.93. The Kier molecular flexibility index (Phi) is 5.06. The summed E-state index contributed by atoms with van der Waals surface area (Å²) in [6, 6.07) is 12.5. The highest BCUT2D eigenvalue weighted by atomic mass is 35.5. The molecule has 1 aromatic carbocycles. The Morgan fingerprint density at radius 2 is 1.95 bits per heavy atom. The van der Waals surface area contributed by atoms with E-state index in [1.807, 2.05) is 24.3 Å². The predicted octanol–water partition coefficient (Wildman–Crippen LogP) is 5.13. The molecule has 3 heteroatoms. The van der Waals surface area contributed by atoms with Crippen molar-refractivity contribution in [2.24, 2.45) is 0 Å². The SMILES string of the molecule is CCCC(N[C@H](C)c1ccco1)c1ccc(Cl)cc1. The van der Waals surface area contributed by atoms with E-state index in [4.69, 9.17) is 16.0 Å². The molecule has 0 radical (unpaired) electrons. The minimum Gasteiger partial charge on any atom is -0.468 e. The van der Waals surface area contributed by atoms with Crippen LogP contribution in [-0.2, 0) is 0 Å². The molecule has 0 bridgehead atoms. The first-order valence-electron chi connectivity index (χ1n) is 6.75. The van der Waals surface area contributed by atoms with Gasteiger partial charge in [0.1, 0.15) is 5.76 Å². The van der Waals surface area contributed by atoms with Crippen LogP contribution in [0.4, 0.5) is 0 Å². The van der Waals surface area contributed by atoms with Crippen LogP contribution in [0.1, 0.15) is 50.1 Å². The van der Waals surface area contributed by atoms with Gasteiger partial charge in [0.15, 0.2) is 0 Å². The largest absolute Gasteiger partial charge is 0.468 e. The fraction of sp³-hybridized carbons (Fsp3) is 0.375. The molecule has 19 heavy (non-hydrogen) atoms. The van der Waals surface area contributed by atoms with Crippen LogP contribution in [0.25, 0.3) is 0 Å². The van der Waals surface area contributed by atoms with Crippen LogP contribution in [0, 0.1) is 0 Å². The summed E-state index contributed by atoms with van der Waals surface area (Å²) in [7, 11) is 0. The summed E-state index contributed by atoms with van der Waals surface area (Å²) in [5.74, 6) is 0.968. The van der Waals surface area contributed by atoms with Crippen LogP contribution in [0.3, 0.4) is 0 Å². The van der Waals surface area contributed by atoms with Gasteiger partial charge >= 0.3 is 0 Å². The van der Waals surface area contributed by atoms with Crippen molar-refractivity contribution in [1.82, 2.24) is 5.32 Å². The fourth-order valence-electron chi connectivity index (χ4n) is 2.25. The van der Waals surface area contributed by atoms with E-state index in [1.165, 1.54) is 5.56 Å². The van der Waals surface area contributed by atoms with Crippen LogP contribution in [-0.4, -0.2) is 0 Å². The van der Waals surface area contributed by atoms with E-state index >= 15 is 0 Å². The topological polar surface area (TPSA) is 25.2 Å². The highest BCUT2D eigenvalue weighted by Crippen LogP contribution is 2.24. The third-order valence-electron chi connectivity index (χ3n) is 3.27. The van der Waals surface area contributed by atoms with Crippen molar-refractivity contribution in [3.63, 3.8) is 0 Å².